The average molecular weight is 428 g/mol. The van der Waals surface area contributed by atoms with Crippen LogP contribution in [0.15, 0.2) is 78.9 Å². The molecule has 2 atom stereocenters. The van der Waals surface area contributed by atoms with Crippen LogP contribution in [-0.4, -0.2) is 30.0 Å². The van der Waals surface area contributed by atoms with Crippen molar-refractivity contribution in [3.05, 3.63) is 101 Å². The minimum atomic E-state index is 0.122. The number of para-hydroxylation sites is 1. The number of hydrogen-bond donors (Lipinski definition) is 1. The van der Waals surface area contributed by atoms with Crippen LogP contribution >= 0.6 is 0 Å². The molecule has 0 radical (unpaired) electrons. The molecule has 0 aliphatic carbocycles. The van der Waals surface area contributed by atoms with Gasteiger partial charge in [-0.1, -0.05) is 78.9 Å². The van der Waals surface area contributed by atoms with E-state index in [1.807, 2.05) is 6.07 Å². The number of nitrogens with zero attached hydrogens (tertiary/aromatic N) is 1. The van der Waals surface area contributed by atoms with Crippen LogP contribution in [0.4, 0.5) is 5.69 Å². The number of rotatable bonds is 6. The highest BCUT2D eigenvalue weighted by Crippen LogP contribution is 2.32. The summed E-state index contributed by atoms with van der Waals surface area (Å²) in [4.78, 5) is 13.3. The van der Waals surface area contributed by atoms with Crippen molar-refractivity contribution in [3.63, 3.8) is 0 Å². The van der Waals surface area contributed by atoms with Crippen LogP contribution in [0.25, 0.3) is 0 Å². The Morgan fingerprint density at radius 3 is 2.19 bits per heavy atom. The van der Waals surface area contributed by atoms with E-state index >= 15 is 0 Å². The predicted octanol–water partition coefficient (Wildman–Crippen LogP) is 6.23. The summed E-state index contributed by atoms with van der Waals surface area (Å²) >= 11 is 0. The van der Waals surface area contributed by atoms with Gasteiger partial charge >= 0.3 is 0 Å². The van der Waals surface area contributed by atoms with E-state index in [-0.39, 0.29) is 5.91 Å². The molecule has 3 nitrogen and oxygen atoms in total. The van der Waals surface area contributed by atoms with E-state index in [0.717, 1.165) is 53.8 Å². The first-order valence-electron chi connectivity index (χ1n) is 11.8. The molecular formula is C29H35N2O+. The summed E-state index contributed by atoms with van der Waals surface area (Å²) in [7, 11) is 0. The maximum Gasteiger partial charge on any atom is 0.279 e. The zero-order valence-electron chi connectivity index (χ0n) is 19.4. The second-order valence-electron chi connectivity index (χ2n) is 9.44. The molecule has 1 saturated heterocycles. The minimum Gasteiger partial charge on any atom is -0.321 e. The van der Waals surface area contributed by atoms with E-state index in [1.165, 1.54) is 17.5 Å². The highest BCUT2D eigenvalue weighted by atomic mass is 16.2. The zero-order valence-corrected chi connectivity index (χ0v) is 19.4. The van der Waals surface area contributed by atoms with E-state index in [0.29, 0.717) is 12.5 Å². The van der Waals surface area contributed by atoms with Gasteiger partial charge in [-0.2, -0.15) is 0 Å². The van der Waals surface area contributed by atoms with Gasteiger partial charge in [-0.05, 0) is 49.3 Å². The average Bonchev–Trinajstić information content (AvgIpc) is 3.00. The van der Waals surface area contributed by atoms with E-state index in [2.05, 4.69) is 92.0 Å². The van der Waals surface area contributed by atoms with Crippen molar-refractivity contribution in [2.24, 2.45) is 0 Å². The molecule has 1 aliphatic heterocycles. The van der Waals surface area contributed by atoms with Crippen molar-refractivity contribution in [2.75, 3.05) is 25.0 Å². The fraction of sp³-hybridized carbons (Fsp3) is 0.345. The van der Waals surface area contributed by atoms with Crippen molar-refractivity contribution in [2.45, 2.75) is 45.6 Å². The highest BCUT2D eigenvalue weighted by Gasteiger charge is 2.34. The monoisotopic (exact) mass is 427 g/mol. The molecule has 0 saturated carbocycles. The largest absolute Gasteiger partial charge is 0.321 e. The lowest BCUT2D eigenvalue weighted by molar-refractivity contribution is -0.932. The number of nitrogens with one attached hydrogen (secondary N) is 1. The van der Waals surface area contributed by atoms with E-state index in [1.54, 1.807) is 0 Å². The van der Waals surface area contributed by atoms with Gasteiger partial charge in [0.15, 0.2) is 6.54 Å². The van der Waals surface area contributed by atoms with Crippen molar-refractivity contribution in [3.8, 4) is 0 Å². The summed E-state index contributed by atoms with van der Waals surface area (Å²) in [6.07, 6.45) is 3.45. The van der Waals surface area contributed by atoms with Crippen molar-refractivity contribution in [1.29, 1.82) is 0 Å². The Hall–Kier alpha value is -2.91. The second-order valence-corrected chi connectivity index (χ2v) is 9.44. The topological polar surface area (TPSA) is 29.1 Å². The SMILES string of the molecule is Cc1cccc(C)c1NC(=O)C[N+]1(Cc2ccccc2)CCCC(c2ccccc2)CC1. The molecule has 1 amide bonds. The third-order valence-electron chi connectivity index (χ3n) is 6.99. The van der Waals surface area contributed by atoms with Crippen LogP contribution in [0.1, 0.15) is 47.4 Å². The highest BCUT2D eigenvalue weighted by molar-refractivity contribution is 5.93. The molecule has 0 spiro atoms. The fourth-order valence-corrected chi connectivity index (χ4v) is 5.26. The molecule has 2 unspecified atom stereocenters. The summed E-state index contributed by atoms with van der Waals surface area (Å²) in [5, 5.41) is 3.25. The Kier molecular flexibility index (Phi) is 7.06. The maximum atomic E-state index is 13.3. The number of amides is 1. The fourth-order valence-electron chi connectivity index (χ4n) is 5.26. The Bertz CT molecular complexity index is 1010. The van der Waals surface area contributed by atoms with Gasteiger partial charge in [-0.25, -0.2) is 0 Å². The number of quaternary nitrogens is 1. The number of anilines is 1. The summed E-state index contributed by atoms with van der Waals surface area (Å²) in [6.45, 7) is 7.61. The van der Waals surface area contributed by atoms with Crippen LogP contribution in [0, 0.1) is 13.8 Å². The van der Waals surface area contributed by atoms with Gasteiger partial charge in [0.1, 0.15) is 6.54 Å². The van der Waals surface area contributed by atoms with Gasteiger partial charge in [0.05, 0.1) is 13.1 Å². The summed E-state index contributed by atoms with van der Waals surface area (Å²) in [5.41, 5.74) is 5.95. The summed E-state index contributed by atoms with van der Waals surface area (Å²) in [6, 6.07) is 27.7. The summed E-state index contributed by atoms with van der Waals surface area (Å²) < 4.78 is 0.824. The molecule has 1 heterocycles. The van der Waals surface area contributed by atoms with E-state index < -0.39 is 0 Å². The Labute approximate surface area is 192 Å². The lowest BCUT2D eigenvalue weighted by atomic mass is 9.92. The molecule has 3 aromatic rings. The zero-order chi connectivity index (χ0) is 22.4. The molecule has 4 rings (SSSR count). The molecule has 0 bridgehead atoms. The number of aryl methyl sites for hydroxylation is 2. The Morgan fingerprint density at radius 1 is 0.844 bits per heavy atom. The predicted molar refractivity (Wildman–Crippen MR) is 133 cm³/mol. The number of carbonyl (C=O) groups excluding carboxylic acids is 1. The van der Waals surface area contributed by atoms with Gasteiger partial charge in [-0.3, -0.25) is 4.79 Å². The number of benzene rings is 3. The van der Waals surface area contributed by atoms with Crippen molar-refractivity contribution >= 4 is 11.6 Å². The van der Waals surface area contributed by atoms with E-state index in [9.17, 15) is 4.79 Å². The van der Waals surface area contributed by atoms with Crippen molar-refractivity contribution in [1.82, 2.24) is 0 Å². The number of likely N-dealkylation sites (tertiary alicyclic amines) is 1. The molecule has 166 valence electrons. The smallest absolute Gasteiger partial charge is 0.279 e. The second kappa shape index (κ2) is 10.1. The van der Waals surface area contributed by atoms with Crippen molar-refractivity contribution < 1.29 is 9.28 Å². The Morgan fingerprint density at radius 2 is 1.50 bits per heavy atom. The standard InChI is InChI=1S/C29H34N2O/c1-23-11-9-12-24(2)29(23)30-28(32)22-31(21-25-13-5-3-6-14-25)19-10-17-27(18-20-31)26-15-7-4-8-16-26/h3-9,11-16,27H,10,17-22H2,1-2H3/p+1. The molecular weight excluding hydrogens is 392 g/mol. The van der Waals surface area contributed by atoms with Crippen LogP contribution in [-0.2, 0) is 11.3 Å². The number of hydrogen-bond acceptors (Lipinski definition) is 1. The normalized spacial score (nSPS) is 21.0. The molecule has 0 aromatic heterocycles. The molecule has 1 aliphatic rings. The van der Waals surface area contributed by atoms with Gasteiger partial charge < -0.3 is 9.80 Å². The Balaban J connectivity index is 1.55. The quantitative estimate of drug-likeness (QED) is 0.464. The summed E-state index contributed by atoms with van der Waals surface area (Å²) in [5.74, 6) is 0.699. The van der Waals surface area contributed by atoms with Crippen LogP contribution < -0.4 is 5.32 Å². The van der Waals surface area contributed by atoms with Gasteiger partial charge in [0.25, 0.3) is 5.91 Å². The maximum absolute atomic E-state index is 13.3. The molecule has 3 aromatic carbocycles. The molecule has 3 heteroatoms. The molecule has 1 N–H and O–H groups in total. The first-order chi connectivity index (χ1) is 15.5. The first kappa shape index (κ1) is 22.3. The van der Waals surface area contributed by atoms with Crippen LogP contribution in [0.5, 0.6) is 0 Å². The van der Waals surface area contributed by atoms with Crippen LogP contribution in [0.2, 0.25) is 0 Å². The van der Waals surface area contributed by atoms with Gasteiger partial charge in [0.2, 0.25) is 0 Å². The minimum absolute atomic E-state index is 0.122. The van der Waals surface area contributed by atoms with Gasteiger partial charge in [0, 0.05) is 17.7 Å². The van der Waals surface area contributed by atoms with Gasteiger partial charge in [-0.15, -0.1) is 0 Å². The molecule has 1 fully saturated rings. The lowest BCUT2D eigenvalue weighted by Crippen LogP contribution is -2.52. The van der Waals surface area contributed by atoms with E-state index in [4.69, 9.17) is 0 Å². The first-order valence-corrected chi connectivity index (χ1v) is 11.8. The number of carbonyl (C=O) groups is 1. The van der Waals surface area contributed by atoms with Crippen LogP contribution in [0.3, 0.4) is 0 Å². The third-order valence-corrected chi connectivity index (χ3v) is 6.99. The molecule has 32 heavy (non-hydrogen) atoms. The lowest BCUT2D eigenvalue weighted by Gasteiger charge is -2.37. The third kappa shape index (κ3) is 5.46.